The lowest BCUT2D eigenvalue weighted by molar-refractivity contribution is -0.138. The number of benzene rings is 1. The van der Waals surface area contributed by atoms with Crippen LogP contribution in [0.1, 0.15) is 26.2 Å². The topological polar surface area (TPSA) is 75.4 Å². The van der Waals surface area contributed by atoms with Gasteiger partial charge in [0.25, 0.3) is 0 Å². The highest BCUT2D eigenvalue weighted by molar-refractivity contribution is 5.94. The van der Waals surface area contributed by atoms with Gasteiger partial charge in [0.1, 0.15) is 0 Å². The lowest BCUT2D eigenvalue weighted by Gasteiger charge is -2.30. The van der Waals surface area contributed by atoms with Crippen LogP contribution in [0.2, 0.25) is 0 Å². The van der Waals surface area contributed by atoms with Gasteiger partial charge in [-0.1, -0.05) is 19.1 Å². The Kier molecular flexibility index (Phi) is 4.61. The summed E-state index contributed by atoms with van der Waals surface area (Å²) in [7, 11) is 0. The Bertz CT molecular complexity index is 502. The predicted octanol–water partition coefficient (Wildman–Crippen LogP) is 1.86. The Balaban J connectivity index is 1.83. The van der Waals surface area contributed by atoms with E-state index in [1.54, 1.807) is 17.0 Å². The fourth-order valence-electron chi connectivity index (χ4n) is 2.42. The molecule has 1 aliphatic rings. The molecular formula is C15H21N3O2. The number of nitrogens with one attached hydrogen (secondary N) is 1. The first-order valence-electron chi connectivity index (χ1n) is 7.01. The highest BCUT2D eigenvalue weighted by Gasteiger charge is 2.25. The summed E-state index contributed by atoms with van der Waals surface area (Å²) in [4.78, 5) is 25.6. The molecule has 0 radical (unpaired) electrons. The van der Waals surface area contributed by atoms with Gasteiger partial charge in [-0.3, -0.25) is 9.59 Å². The molecule has 1 aromatic rings. The molecule has 1 unspecified atom stereocenters. The van der Waals surface area contributed by atoms with Crippen molar-refractivity contribution in [2.24, 2.45) is 5.92 Å². The second-order valence-corrected chi connectivity index (χ2v) is 5.25. The van der Waals surface area contributed by atoms with Crippen molar-refractivity contribution < 1.29 is 9.59 Å². The summed E-state index contributed by atoms with van der Waals surface area (Å²) in [5.41, 5.74) is 6.93. The quantitative estimate of drug-likeness (QED) is 0.823. The van der Waals surface area contributed by atoms with Crippen molar-refractivity contribution in [2.75, 3.05) is 24.1 Å². The molecule has 1 fully saturated rings. The number of piperidine rings is 1. The Morgan fingerprint density at radius 1 is 1.45 bits per heavy atom. The summed E-state index contributed by atoms with van der Waals surface area (Å²) in [6, 6.07) is 7.15. The minimum Gasteiger partial charge on any atom is -0.397 e. The molecule has 108 valence electrons. The molecule has 0 saturated carbocycles. The number of likely N-dealkylation sites (tertiary alicyclic amines) is 1. The van der Waals surface area contributed by atoms with Crippen molar-refractivity contribution in [2.45, 2.75) is 26.2 Å². The molecule has 0 bridgehead atoms. The van der Waals surface area contributed by atoms with Crippen LogP contribution in [0.5, 0.6) is 0 Å². The minimum absolute atomic E-state index is 0.0802. The van der Waals surface area contributed by atoms with Crippen LogP contribution >= 0.6 is 0 Å². The zero-order valence-electron chi connectivity index (χ0n) is 11.8. The molecule has 1 aliphatic heterocycles. The normalized spacial score (nSPS) is 18.9. The Hall–Kier alpha value is -2.04. The van der Waals surface area contributed by atoms with Gasteiger partial charge in [-0.2, -0.15) is 0 Å². The van der Waals surface area contributed by atoms with Crippen molar-refractivity contribution in [3.8, 4) is 0 Å². The number of nitrogens with two attached hydrogens (primary N) is 1. The fourth-order valence-corrected chi connectivity index (χ4v) is 2.42. The van der Waals surface area contributed by atoms with Gasteiger partial charge in [0.05, 0.1) is 11.4 Å². The number of anilines is 2. The van der Waals surface area contributed by atoms with Gasteiger partial charge in [-0.25, -0.2) is 0 Å². The molecule has 0 aromatic heterocycles. The van der Waals surface area contributed by atoms with Gasteiger partial charge in [0, 0.05) is 25.4 Å². The first-order chi connectivity index (χ1) is 9.58. The third-order valence-electron chi connectivity index (χ3n) is 3.64. The summed E-state index contributed by atoms with van der Waals surface area (Å²) >= 11 is 0. The smallest absolute Gasteiger partial charge is 0.226 e. The predicted molar refractivity (Wildman–Crippen MR) is 79.1 cm³/mol. The van der Waals surface area contributed by atoms with Crippen LogP contribution in [0.4, 0.5) is 11.4 Å². The zero-order chi connectivity index (χ0) is 14.5. The van der Waals surface area contributed by atoms with Crippen LogP contribution < -0.4 is 11.1 Å². The molecule has 1 saturated heterocycles. The number of para-hydroxylation sites is 2. The first kappa shape index (κ1) is 14.4. The summed E-state index contributed by atoms with van der Waals surface area (Å²) in [5, 5.41) is 2.77. The SMILES string of the molecule is CC1CCCN(CCC(=O)Nc2ccccc2N)C1=O. The Morgan fingerprint density at radius 3 is 2.95 bits per heavy atom. The minimum atomic E-state index is -0.117. The van der Waals surface area contributed by atoms with E-state index < -0.39 is 0 Å². The van der Waals surface area contributed by atoms with Crippen LogP contribution in [0, 0.1) is 5.92 Å². The van der Waals surface area contributed by atoms with Crippen molar-refractivity contribution in [3.05, 3.63) is 24.3 Å². The molecule has 20 heavy (non-hydrogen) atoms. The second kappa shape index (κ2) is 6.41. The summed E-state index contributed by atoms with van der Waals surface area (Å²) in [6.07, 6.45) is 2.26. The van der Waals surface area contributed by atoms with Gasteiger partial charge < -0.3 is 16.0 Å². The number of amides is 2. The van der Waals surface area contributed by atoms with Crippen LogP contribution in [0.25, 0.3) is 0 Å². The number of nitrogen functional groups attached to an aromatic ring is 1. The van der Waals surface area contributed by atoms with E-state index in [0.29, 0.717) is 24.3 Å². The number of rotatable bonds is 4. The van der Waals surface area contributed by atoms with Crippen LogP contribution in [0.3, 0.4) is 0 Å². The molecule has 0 spiro atoms. The van der Waals surface area contributed by atoms with Gasteiger partial charge in [0.2, 0.25) is 11.8 Å². The number of nitrogens with zero attached hydrogens (tertiary/aromatic N) is 1. The summed E-state index contributed by atoms with van der Waals surface area (Å²) in [5.74, 6) is 0.119. The fraction of sp³-hybridized carbons (Fsp3) is 0.467. The van der Waals surface area contributed by atoms with E-state index in [-0.39, 0.29) is 17.7 Å². The van der Waals surface area contributed by atoms with Crippen molar-refractivity contribution in [3.63, 3.8) is 0 Å². The molecule has 1 atom stereocenters. The molecule has 5 nitrogen and oxygen atoms in total. The molecule has 1 heterocycles. The lowest BCUT2D eigenvalue weighted by Crippen LogP contribution is -2.41. The highest BCUT2D eigenvalue weighted by atomic mass is 16.2. The zero-order valence-corrected chi connectivity index (χ0v) is 11.8. The first-order valence-corrected chi connectivity index (χ1v) is 7.01. The van der Waals surface area contributed by atoms with Crippen molar-refractivity contribution in [1.82, 2.24) is 4.90 Å². The third-order valence-corrected chi connectivity index (χ3v) is 3.64. The molecule has 2 rings (SSSR count). The molecular weight excluding hydrogens is 254 g/mol. The van der Waals surface area contributed by atoms with E-state index >= 15 is 0 Å². The number of hydrogen-bond acceptors (Lipinski definition) is 3. The number of hydrogen-bond donors (Lipinski definition) is 2. The maximum atomic E-state index is 11.9. The monoisotopic (exact) mass is 275 g/mol. The molecule has 5 heteroatoms. The van der Waals surface area contributed by atoms with Crippen molar-refractivity contribution in [1.29, 1.82) is 0 Å². The van der Waals surface area contributed by atoms with Gasteiger partial charge in [-0.05, 0) is 25.0 Å². The van der Waals surface area contributed by atoms with Gasteiger partial charge in [-0.15, -0.1) is 0 Å². The molecule has 2 amide bonds. The Morgan fingerprint density at radius 2 is 2.20 bits per heavy atom. The molecule has 0 aliphatic carbocycles. The van der Waals surface area contributed by atoms with E-state index in [2.05, 4.69) is 5.32 Å². The van der Waals surface area contributed by atoms with E-state index in [1.807, 2.05) is 19.1 Å². The number of carbonyl (C=O) groups excluding carboxylic acids is 2. The molecule has 3 N–H and O–H groups in total. The average molecular weight is 275 g/mol. The van der Waals surface area contributed by atoms with Crippen molar-refractivity contribution >= 4 is 23.2 Å². The highest BCUT2D eigenvalue weighted by Crippen LogP contribution is 2.19. The average Bonchev–Trinajstić information content (AvgIpc) is 2.43. The molecule has 1 aromatic carbocycles. The number of carbonyl (C=O) groups is 2. The maximum absolute atomic E-state index is 11.9. The Labute approximate surface area is 119 Å². The van der Waals surface area contributed by atoms with Crippen LogP contribution in [0.15, 0.2) is 24.3 Å². The van der Waals surface area contributed by atoms with E-state index in [0.717, 1.165) is 19.4 Å². The maximum Gasteiger partial charge on any atom is 0.226 e. The summed E-state index contributed by atoms with van der Waals surface area (Å²) < 4.78 is 0. The third kappa shape index (κ3) is 3.50. The van der Waals surface area contributed by atoms with E-state index in [9.17, 15) is 9.59 Å². The van der Waals surface area contributed by atoms with E-state index in [1.165, 1.54) is 0 Å². The lowest BCUT2D eigenvalue weighted by atomic mass is 9.99. The van der Waals surface area contributed by atoms with Crippen LogP contribution in [-0.4, -0.2) is 29.8 Å². The van der Waals surface area contributed by atoms with E-state index in [4.69, 9.17) is 5.73 Å². The summed E-state index contributed by atoms with van der Waals surface area (Å²) in [6.45, 7) is 3.17. The second-order valence-electron chi connectivity index (χ2n) is 5.25. The largest absolute Gasteiger partial charge is 0.397 e. The van der Waals surface area contributed by atoms with Crippen LogP contribution in [-0.2, 0) is 9.59 Å². The van der Waals surface area contributed by atoms with Gasteiger partial charge >= 0.3 is 0 Å². The van der Waals surface area contributed by atoms with Gasteiger partial charge in [0.15, 0.2) is 0 Å². The standard InChI is InChI=1S/C15H21N3O2/c1-11-5-4-9-18(15(11)20)10-8-14(19)17-13-7-3-2-6-12(13)16/h2-3,6-7,11H,4-5,8-10,16H2,1H3,(H,17,19).